The van der Waals surface area contributed by atoms with Crippen molar-refractivity contribution in [2.75, 3.05) is 26.8 Å². The van der Waals surface area contributed by atoms with Gasteiger partial charge in [-0.15, -0.1) is 0 Å². The number of fused-ring (bicyclic) bond motifs is 1. The topological polar surface area (TPSA) is 55.8 Å². The van der Waals surface area contributed by atoms with Gasteiger partial charge in [0, 0.05) is 19.0 Å². The number of carbonyl (C=O) groups excluding carboxylic acids is 2. The van der Waals surface area contributed by atoms with Gasteiger partial charge in [0.2, 0.25) is 0 Å². The van der Waals surface area contributed by atoms with Crippen LogP contribution in [0.3, 0.4) is 0 Å². The van der Waals surface area contributed by atoms with E-state index in [0.717, 1.165) is 0 Å². The molecule has 0 aromatic carbocycles. The van der Waals surface area contributed by atoms with E-state index < -0.39 is 0 Å². The van der Waals surface area contributed by atoms with E-state index in [4.69, 9.17) is 4.74 Å². The molecule has 2 rings (SSSR count). The Morgan fingerprint density at radius 2 is 2.38 bits per heavy atom. The summed E-state index contributed by atoms with van der Waals surface area (Å²) in [6.07, 6.45) is -0.359. The van der Waals surface area contributed by atoms with Crippen LogP contribution in [0.4, 0.5) is 4.79 Å². The van der Waals surface area contributed by atoms with Crippen LogP contribution < -0.4 is 0 Å². The fraction of sp³-hybridized carbons (Fsp3) is 0.750. The van der Waals surface area contributed by atoms with Crippen LogP contribution in [0.15, 0.2) is 0 Å². The van der Waals surface area contributed by atoms with Crippen molar-refractivity contribution < 1.29 is 19.1 Å². The second kappa shape index (κ2) is 2.90. The summed E-state index contributed by atoms with van der Waals surface area (Å²) >= 11 is 0. The minimum atomic E-state index is -0.359. The van der Waals surface area contributed by atoms with Crippen LogP contribution in [-0.2, 0) is 14.3 Å². The van der Waals surface area contributed by atoms with Crippen LogP contribution in [0, 0.1) is 11.8 Å². The third-order valence-corrected chi connectivity index (χ3v) is 2.62. The van der Waals surface area contributed by atoms with Crippen LogP contribution in [-0.4, -0.2) is 43.8 Å². The monoisotopic (exact) mass is 185 g/mol. The predicted octanol–water partition coefficient (Wildman–Crippen LogP) is -0.142. The molecule has 2 fully saturated rings. The Hall–Kier alpha value is -1.26. The number of hydrogen-bond acceptors (Lipinski definition) is 4. The summed E-state index contributed by atoms with van der Waals surface area (Å²) in [6, 6.07) is 0. The maximum atomic E-state index is 11.1. The van der Waals surface area contributed by atoms with Gasteiger partial charge in [0.15, 0.2) is 0 Å². The number of likely N-dealkylation sites (tertiary alicyclic amines) is 1. The van der Waals surface area contributed by atoms with E-state index in [-0.39, 0.29) is 23.9 Å². The third kappa shape index (κ3) is 1.24. The zero-order valence-corrected chi connectivity index (χ0v) is 7.36. The molecule has 0 aliphatic carbocycles. The molecule has 1 amide bonds. The summed E-state index contributed by atoms with van der Waals surface area (Å²) in [5.41, 5.74) is 0. The van der Waals surface area contributed by atoms with Gasteiger partial charge in [0.05, 0.1) is 19.6 Å². The standard InChI is InChI=1S/C8H11NO4/c1-12-8(11)9-2-5-4-13-7(10)6(5)3-9/h5-6H,2-4H2,1H3/t5-,6-/m1/s1. The van der Waals surface area contributed by atoms with Crippen molar-refractivity contribution in [3.8, 4) is 0 Å². The zero-order valence-electron chi connectivity index (χ0n) is 7.36. The van der Waals surface area contributed by atoms with Crippen molar-refractivity contribution in [2.24, 2.45) is 11.8 Å². The van der Waals surface area contributed by atoms with Gasteiger partial charge in [-0.2, -0.15) is 0 Å². The molecule has 0 spiro atoms. The summed E-state index contributed by atoms with van der Waals surface area (Å²) in [6.45, 7) is 1.45. The molecule has 2 aliphatic heterocycles. The van der Waals surface area contributed by atoms with Gasteiger partial charge in [-0.25, -0.2) is 4.79 Å². The first-order chi connectivity index (χ1) is 6.22. The summed E-state index contributed by atoms with van der Waals surface area (Å²) in [4.78, 5) is 23.8. The highest BCUT2D eigenvalue weighted by Gasteiger charge is 2.45. The molecule has 2 saturated heterocycles. The Labute approximate surface area is 75.6 Å². The Bertz CT molecular complexity index is 253. The molecule has 2 aliphatic rings. The maximum Gasteiger partial charge on any atom is 0.409 e. The number of methoxy groups -OCH3 is 1. The minimum Gasteiger partial charge on any atom is -0.465 e. The molecule has 0 saturated carbocycles. The SMILES string of the molecule is COC(=O)N1C[C@@H]2COC(=O)[C@@H]2C1. The molecule has 13 heavy (non-hydrogen) atoms. The highest BCUT2D eigenvalue weighted by atomic mass is 16.5. The highest BCUT2D eigenvalue weighted by molar-refractivity contribution is 5.77. The molecule has 2 heterocycles. The summed E-state index contributed by atoms with van der Waals surface area (Å²) in [5.74, 6) is -0.137. The van der Waals surface area contributed by atoms with E-state index in [1.54, 1.807) is 4.90 Å². The normalized spacial score (nSPS) is 31.5. The van der Waals surface area contributed by atoms with E-state index in [1.165, 1.54) is 7.11 Å². The average molecular weight is 185 g/mol. The molecule has 0 radical (unpaired) electrons. The molecule has 72 valence electrons. The predicted molar refractivity (Wildman–Crippen MR) is 41.9 cm³/mol. The van der Waals surface area contributed by atoms with Crippen LogP contribution in [0.2, 0.25) is 0 Å². The Morgan fingerprint density at radius 1 is 1.62 bits per heavy atom. The zero-order chi connectivity index (χ0) is 9.42. The quantitative estimate of drug-likeness (QED) is 0.493. The molecule has 5 heteroatoms. The van der Waals surface area contributed by atoms with Crippen LogP contribution in [0.1, 0.15) is 0 Å². The first kappa shape index (κ1) is 8.34. The summed E-state index contributed by atoms with van der Waals surface area (Å²) in [7, 11) is 1.34. The fourth-order valence-electron chi connectivity index (χ4n) is 1.88. The number of rotatable bonds is 0. The molecular weight excluding hydrogens is 174 g/mol. The lowest BCUT2D eigenvalue weighted by Crippen LogP contribution is -2.30. The van der Waals surface area contributed by atoms with Gasteiger partial charge in [0.25, 0.3) is 0 Å². The van der Waals surface area contributed by atoms with Crippen molar-refractivity contribution >= 4 is 12.1 Å². The van der Waals surface area contributed by atoms with E-state index in [2.05, 4.69) is 4.74 Å². The van der Waals surface area contributed by atoms with E-state index in [1.807, 2.05) is 0 Å². The van der Waals surface area contributed by atoms with Gasteiger partial charge in [0.1, 0.15) is 0 Å². The number of amides is 1. The van der Waals surface area contributed by atoms with Gasteiger partial charge in [-0.3, -0.25) is 4.79 Å². The van der Waals surface area contributed by atoms with Gasteiger partial charge in [-0.05, 0) is 0 Å². The Balaban J connectivity index is 2.02. The van der Waals surface area contributed by atoms with Gasteiger partial charge in [-0.1, -0.05) is 0 Å². The van der Waals surface area contributed by atoms with E-state index in [0.29, 0.717) is 19.7 Å². The lowest BCUT2D eigenvalue weighted by Gasteiger charge is -2.14. The van der Waals surface area contributed by atoms with Gasteiger partial charge >= 0.3 is 12.1 Å². The number of hydrogen-bond donors (Lipinski definition) is 0. The van der Waals surface area contributed by atoms with Gasteiger partial charge < -0.3 is 14.4 Å². The first-order valence-electron chi connectivity index (χ1n) is 4.22. The molecule has 0 bridgehead atoms. The largest absolute Gasteiger partial charge is 0.465 e. The molecular formula is C8H11NO4. The molecule has 0 aromatic rings. The Morgan fingerprint density at radius 3 is 3.00 bits per heavy atom. The third-order valence-electron chi connectivity index (χ3n) is 2.62. The number of esters is 1. The second-order valence-corrected chi connectivity index (χ2v) is 3.37. The minimum absolute atomic E-state index is 0.126. The molecule has 0 N–H and O–H groups in total. The van der Waals surface area contributed by atoms with Crippen molar-refractivity contribution in [3.63, 3.8) is 0 Å². The lowest BCUT2D eigenvalue weighted by molar-refractivity contribution is -0.141. The van der Waals surface area contributed by atoms with Crippen LogP contribution >= 0.6 is 0 Å². The maximum absolute atomic E-state index is 11.1. The van der Waals surface area contributed by atoms with Crippen molar-refractivity contribution in [1.29, 1.82) is 0 Å². The molecule has 0 unspecified atom stereocenters. The molecule has 0 aromatic heterocycles. The average Bonchev–Trinajstić information content (AvgIpc) is 2.67. The number of carbonyl (C=O) groups is 2. The highest BCUT2D eigenvalue weighted by Crippen LogP contribution is 2.30. The lowest BCUT2D eigenvalue weighted by atomic mass is 10.0. The summed E-state index contributed by atoms with van der Waals surface area (Å²) in [5, 5.41) is 0. The van der Waals surface area contributed by atoms with Crippen molar-refractivity contribution in [3.05, 3.63) is 0 Å². The van der Waals surface area contributed by atoms with E-state index >= 15 is 0 Å². The Kier molecular flexibility index (Phi) is 1.86. The number of cyclic esters (lactones) is 1. The molecule has 5 nitrogen and oxygen atoms in total. The fourth-order valence-corrected chi connectivity index (χ4v) is 1.88. The summed E-state index contributed by atoms with van der Waals surface area (Å²) < 4.78 is 9.43. The second-order valence-electron chi connectivity index (χ2n) is 3.37. The van der Waals surface area contributed by atoms with E-state index in [9.17, 15) is 9.59 Å². The molecule has 2 atom stereocenters. The number of ether oxygens (including phenoxy) is 2. The van der Waals surface area contributed by atoms with Crippen molar-refractivity contribution in [1.82, 2.24) is 4.90 Å². The first-order valence-corrected chi connectivity index (χ1v) is 4.22. The smallest absolute Gasteiger partial charge is 0.409 e. The van der Waals surface area contributed by atoms with Crippen LogP contribution in [0.25, 0.3) is 0 Å². The van der Waals surface area contributed by atoms with Crippen LogP contribution in [0.5, 0.6) is 0 Å². The number of nitrogens with zero attached hydrogens (tertiary/aromatic N) is 1. The van der Waals surface area contributed by atoms with Crippen molar-refractivity contribution in [2.45, 2.75) is 0 Å².